The van der Waals surface area contributed by atoms with Gasteiger partial charge in [-0.25, -0.2) is 9.37 Å². The number of nitrogens with zero attached hydrogens (tertiary/aromatic N) is 2. The molecule has 0 aromatic carbocycles. The van der Waals surface area contributed by atoms with Crippen LogP contribution in [0.25, 0.3) is 0 Å². The fourth-order valence-electron chi connectivity index (χ4n) is 2.23. The minimum Gasteiger partial charge on any atom is -0.367 e. The molecule has 0 spiro atoms. The summed E-state index contributed by atoms with van der Waals surface area (Å²) in [6, 6.07) is 1.28. The molecular weight excluding hydrogens is 241 g/mol. The number of aromatic nitrogens is 1. The normalized spacial score (nSPS) is 21.5. The quantitative estimate of drug-likeness (QED) is 0.902. The zero-order chi connectivity index (χ0) is 12.3. The van der Waals surface area contributed by atoms with Crippen molar-refractivity contribution in [2.75, 3.05) is 32.0 Å². The fourth-order valence-corrected chi connectivity index (χ4v) is 2.37. The first-order chi connectivity index (χ1) is 8.15. The van der Waals surface area contributed by atoms with E-state index in [1.54, 1.807) is 0 Å². The maximum atomic E-state index is 13.5. The molecule has 1 N–H and O–H groups in total. The van der Waals surface area contributed by atoms with Crippen LogP contribution in [0.4, 0.5) is 10.2 Å². The Kier molecular flexibility index (Phi) is 4.18. The lowest BCUT2D eigenvalue weighted by atomic mass is 9.98. The molecule has 94 valence electrons. The minimum atomic E-state index is -0.387. The van der Waals surface area contributed by atoms with E-state index in [-0.39, 0.29) is 5.82 Å². The molecule has 3 nitrogen and oxygen atoms in total. The van der Waals surface area contributed by atoms with E-state index in [9.17, 15) is 4.39 Å². The SMILES string of the molecule is CN1CCCC(CNc2ncc(Cl)cc2F)C1. The summed E-state index contributed by atoms with van der Waals surface area (Å²) in [7, 11) is 2.12. The molecule has 1 aromatic rings. The van der Waals surface area contributed by atoms with Gasteiger partial charge in [-0.2, -0.15) is 0 Å². The highest BCUT2D eigenvalue weighted by Gasteiger charge is 2.17. The third-order valence-electron chi connectivity index (χ3n) is 3.09. The lowest BCUT2D eigenvalue weighted by Gasteiger charge is -2.29. The number of pyridine rings is 1. The topological polar surface area (TPSA) is 28.2 Å². The molecule has 0 bridgehead atoms. The van der Waals surface area contributed by atoms with E-state index in [1.807, 2.05) is 0 Å². The molecule has 1 saturated heterocycles. The summed E-state index contributed by atoms with van der Waals surface area (Å²) in [6.45, 7) is 2.97. The molecule has 0 radical (unpaired) electrons. The molecule has 0 saturated carbocycles. The van der Waals surface area contributed by atoms with Crippen molar-refractivity contribution in [1.29, 1.82) is 0 Å². The molecule has 1 aromatic heterocycles. The molecule has 1 aliphatic heterocycles. The van der Waals surface area contributed by atoms with Crippen LogP contribution in [0.2, 0.25) is 5.02 Å². The van der Waals surface area contributed by atoms with Crippen molar-refractivity contribution in [2.24, 2.45) is 5.92 Å². The Balaban J connectivity index is 1.88. The molecule has 17 heavy (non-hydrogen) atoms. The van der Waals surface area contributed by atoms with Gasteiger partial charge in [-0.3, -0.25) is 0 Å². The number of piperidine rings is 1. The number of nitrogens with one attached hydrogen (secondary N) is 1. The van der Waals surface area contributed by atoms with Crippen molar-refractivity contribution in [3.63, 3.8) is 0 Å². The van der Waals surface area contributed by atoms with Crippen LogP contribution in [0.5, 0.6) is 0 Å². The zero-order valence-corrected chi connectivity index (χ0v) is 10.7. The van der Waals surface area contributed by atoms with Crippen molar-refractivity contribution in [3.8, 4) is 0 Å². The van der Waals surface area contributed by atoms with Gasteiger partial charge in [0, 0.05) is 19.3 Å². The van der Waals surface area contributed by atoms with Gasteiger partial charge in [0.05, 0.1) is 5.02 Å². The second kappa shape index (κ2) is 5.65. The molecule has 2 heterocycles. The summed E-state index contributed by atoms with van der Waals surface area (Å²) >= 11 is 5.65. The van der Waals surface area contributed by atoms with E-state index in [4.69, 9.17) is 11.6 Å². The van der Waals surface area contributed by atoms with Crippen molar-refractivity contribution >= 4 is 17.4 Å². The predicted octanol–water partition coefficient (Wildman–Crippen LogP) is 2.63. The summed E-state index contributed by atoms with van der Waals surface area (Å²) in [4.78, 5) is 6.26. The largest absolute Gasteiger partial charge is 0.367 e. The Morgan fingerprint density at radius 2 is 2.47 bits per heavy atom. The maximum absolute atomic E-state index is 13.5. The smallest absolute Gasteiger partial charge is 0.166 e. The van der Waals surface area contributed by atoms with Gasteiger partial charge in [0.2, 0.25) is 0 Å². The monoisotopic (exact) mass is 257 g/mol. The zero-order valence-electron chi connectivity index (χ0n) is 9.92. The summed E-state index contributed by atoms with van der Waals surface area (Å²) in [5.74, 6) is 0.468. The van der Waals surface area contributed by atoms with Crippen LogP contribution in [-0.4, -0.2) is 36.6 Å². The van der Waals surface area contributed by atoms with E-state index < -0.39 is 0 Å². The Bertz CT molecular complexity index is 386. The third kappa shape index (κ3) is 3.54. The van der Waals surface area contributed by atoms with E-state index in [0.29, 0.717) is 16.8 Å². The van der Waals surface area contributed by atoms with E-state index in [0.717, 1.165) is 19.6 Å². The van der Waals surface area contributed by atoms with Gasteiger partial charge in [-0.05, 0) is 38.4 Å². The summed E-state index contributed by atoms with van der Waals surface area (Å²) in [6.07, 6.45) is 3.85. The van der Waals surface area contributed by atoms with Gasteiger partial charge in [0.15, 0.2) is 11.6 Å². The van der Waals surface area contributed by atoms with Gasteiger partial charge in [0.1, 0.15) is 0 Å². The number of hydrogen-bond donors (Lipinski definition) is 1. The van der Waals surface area contributed by atoms with Crippen LogP contribution in [0.3, 0.4) is 0 Å². The lowest BCUT2D eigenvalue weighted by molar-refractivity contribution is 0.217. The number of anilines is 1. The van der Waals surface area contributed by atoms with Crippen molar-refractivity contribution < 1.29 is 4.39 Å². The molecule has 1 unspecified atom stereocenters. The average Bonchev–Trinajstić information content (AvgIpc) is 2.28. The van der Waals surface area contributed by atoms with E-state index >= 15 is 0 Å². The van der Waals surface area contributed by atoms with Crippen molar-refractivity contribution in [2.45, 2.75) is 12.8 Å². The maximum Gasteiger partial charge on any atom is 0.166 e. The van der Waals surface area contributed by atoms with Gasteiger partial charge in [0.25, 0.3) is 0 Å². The van der Waals surface area contributed by atoms with E-state index in [2.05, 4.69) is 22.2 Å². The van der Waals surface area contributed by atoms with Gasteiger partial charge in [-0.1, -0.05) is 11.6 Å². The van der Waals surface area contributed by atoms with Gasteiger partial charge in [-0.15, -0.1) is 0 Å². The van der Waals surface area contributed by atoms with Gasteiger partial charge >= 0.3 is 0 Å². The molecule has 5 heteroatoms. The molecule has 1 aliphatic rings. The lowest BCUT2D eigenvalue weighted by Crippen LogP contribution is -2.35. The number of hydrogen-bond acceptors (Lipinski definition) is 3. The van der Waals surface area contributed by atoms with Crippen molar-refractivity contribution in [3.05, 3.63) is 23.1 Å². The minimum absolute atomic E-state index is 0.294. The number of rotatable bonds is 3. The van der Waals surface area contributed by atoms with Crippen molar-refractivity contribution in [1.82, 2.24) is 9.88 Å². The third-order valence-corrected chi connectivity index (χ3v) is 3.29. The van der Waals surface area contributed by atoms with Crippen LogP contribution in [0.15, 0.2) is 12.3 Å². The highest BCUT2D eigenvalue weighted by atomic mass is 35.5. The first-order valence-electron chi connectivity index (χ1n) is 5.88. The molecule has 1 atom stereocenters. The molecule has 0 aliphatic carbocycles. The van der Waals surface area contributed by atoms with Crippen LogP contribution >= 0.6 is 11.6 Å². The summed E-state index contributed by atoms with van der Waals surface area (Å²) in [5.41, 5.74) is 0. The first-order valence-corrected chi connectivity index (χ1v) is 6.26. The summed E-state index contributed by atoms with van der Waals surface area (Å²) < 4.78 is 13.5. The second-order valence-electron chi connectivity index (χ2n) is 4.64. The van der Waals surface area contributed by atoms with Crippen LogP contribution in [0.1, 0.15) is 12.8 Å². The molecule has 2 rings (SSSR count). The Morgan fingerprint density at radius 1 is 1.65 bits per heavy atom. The highest BCUT2D eigenvalue weighted by molar-refractivity contribution is 6.30. The first kappa shape index (κ1) is 12.6. The molecular formula is C12H17ClFN3. The van der Waals surface area contributed by atoms with Crippen LogP contribution < -0.4 is 5.32 Å². The fraction of sp³-hybridized carbons (Fsp3) is 0.583. The Morgan fingerprint density at radius 3 is 3.18 bits per heavy atom. The second-order valence-corrected chi connectivity index (χ2v) is 5.07. The van der Waals surface area contributed by atoms with Crippen LogP contribution in [0, 0.1) is 11.7 Å². The highest BCUT2D eigenvalue weighted by Crippen LogP contribution is 2.18. The number of likely N-dealkylation sites (tertiary alicyclic amines) is 1. The van der Waals surface area contributed by atoms with E-state index in [1.165, 1.54) is 25.1 Å². The molecule has 1 fully saturated rings. The average molecular weight is 258 g/mol. The standard InChI is InChI=1S/C12H17ClFN3/c1-17-4-2-3-9(8-17)6-15-12-11(14)5-10(13)7-16-12/h5,7,9H,2-4,6,8H2,1H3,(H,15,16). The van der Waals surface area contributed by atoms with Gasteiger partial charge < -0.3 is 10.2 Å². The van der Waals surface area contributed by atoms with Crippen LogP contribution in [-0.2, 0) is 0 Å². The number of halogens is 2. The Labute approximate surface area is 106 Å². The Hall–Kier alpha value is -0.870. The summed E-state index contributed by atoms with van der Waals surface area (Å²) in [5, 5.41) is 3.38. The predicted molar refractivity (Wildman–Crippen MR) is 67.9 cm³/mol. The molecule has 0 amide bonds.